The van der Waals surface area contributed by atoms with Crippen molar-refractivity contribution in [1.82, 2.24) is 4.90 Å². The van der Waals surface area contributed by atoms with Crippen LogP contribution in [0.4, 0.5) is 9.18 Å². The average molecular weight is 268 g/mol. The van der Waals surface area contributed by atoms with E-state index in [4.69, 9.17) is 5.73 Å². The number of hydrogen-bond donors (Lipinski definition) is 2. The van der Waals surface area contributed by atoms with Gasteiger partial charge in [-0.25, -0.2) is 9.18 Å². The molecule has 3 N–H and O–H groups in total. The third-order valence-corrected chi connectivity index (χ3v) is 2.87. The first-order valence-corrected chi connectivity index (χ1v) is 6.20. The Morgan fingerprint density at radius 3 is 2.32 bits per heavy atom. The lowest BCUT2D eigenvalue weighted by atomic mass is 10.0. The lowest BCUT2D eigenvalue weighted by molar-refractivity contribution is 0.0960. The minimum Gasteiger partial charge on any atom is -0.465 e. The summed E-state index contributed by atoms with van der Waals surface area (Å²) in [6, 6.07) is 5.76. The molecule has 5 heteroatoms. The molecule has 0 aliphatic rings. The van der Waals surface area contributed by atoms with E-state index in [-0.39, 0.29) is 18.4 Å². The zero-order chi connectivity index (χ0) is 14.6. The van der Waals surface area contributed by atoms with Gasteiger partial charge in [0.2, 0.25) is 0 Å². The predicted octanol–water partition coefficient (Wildman–Crippen LogP) is 2.47. The van der Waals surface area contributed by atoms with Gasteiger partial charge in [0, 0.05) is 18.1 Å². The fraction of sp³-hybridized carbons (Fsp3) is 0.500. The van der Waals surface area contributed by atoms with Gasteiger partial charge >= 0.3 is 6.09 Å². The Hall–Kier alpha value is -1.62. The Morgan fingerprint density at radius 2 is 1.89 bits per heavy atom. The Bertz CT molecular complexity index is 426. The smallest absolute Gasteiger partial charge is 0.407 e. The van der Waals surface area contributed by atoms with Crippen LogP contribution in [-0.4, -0.2) is 34.2 Å². The highest BCUT2D eigenvalue weighted by Crippen LogP contribution is 2.15. The topological polar surface area (TPSA) is 66.6 Å². The van der Waals surface area contributed by atoms with Crippen LogP contribution in [0, 0.1) is 5.82 Å². The number of carboxylic acid groups (broad SMARTS) is 1. The minimum atomic E-state index is -0.984. The lowest BCUT2D eigenvalue weighted by Crippen LogP contribution is -2.50. The van der Waals surface area contributed by atoms with Gasteiger partial charge in [0.1, 0.15) is 5.82 Å². The molecule has 0 saturated heterocycles. The van der Waals surface area contributed by atoms with E-state index in [1.807, 2.05) is 20.8 Å². The van der Waals surface area contributed by atoms with Crippen LogP contribution < -0.4 is 5.73 Å². The molecule has 1 aromatic carbocycles. The summed E-state index contributed by atoms with van der Waals surface area (Å²) in [6.07, 6.45) is -0.470. The van der Waals surface area contributed by atoms with Crippen molar-refractivity contribution < 1.29 is 14.3 Å². The SMILES string of the molecule is CC(C)(C)N(C[C@H](N)Cc1ccc(F)cc1)C(=O)O. The summed E-state index contributed by atoms with van der Waals surface area (Å²) in [5.74, 6) is -0.292. The molecular formula is C14H21FN2O2. The van der Waals surface area contributed by atoms with Crippen LogP contribution in [0.15, 0.2) is 24.3 Å². The van der Waals surface area contributed by atoms with Crippen LogP contribution in [-0.2, 0) is 6.42 Å². The molecule has 0 fully saturated rings. The van der Waals surface area contributed by atoms with Crippen LogP contribution in [0.2, 0.25) is 0 Å². The fourth-order valence-electron chi connectivity index (χ4n) is 1.86. The molecule has 4 nitrogen and oxygen atoms in total. The highest BCUT2D eigenvalue weighted by atomic mass is 19.1. The third kappa shape index (κ3) is 4.87. The number of benzene rings is 1. The molecule has 19 heavy (non-hydrogen) atoms. The standard InChI is InChI=1S/C14H21FN2O2/c1-14(2,3)17(13(18)19)9-12(16)8-10-4-6-11(15)7-5-10/h4-7,12H,8-9,16H2,1-3H3,(H,18,19)/t12-/m1/s1. The van der Waals surface area contributed by atoms with Gasteiger partial charge < -0.3 is 15.7 Å². The van der Waals surface area contributed by atoms with Gasteiger partial charge in [-0.05, 0) is 44.9 Å². The molecule has 0 aromatic heterocycles. The van der Waals surface area contributed by atoms with Crippen molar-refractivity contribution in [3.8, 4) is 0 Å². The summed E-state index contributed by atoms with van der Waals surface area (Å²) in [6.45, 7) is 5.72. The molecule has 1 aromatic rings. The maximum absolute atomic E-state index is 12.8. The molecule has 0 radical (unpaired) electrons. The fourth-order valence-corrected chi connectivity index (χ4v) is 1.86. The zero-order valence-electron chi connectivity index (χ0n) is 11.6. The summed E-state index contributed by atoms with van der Waals surface area (Å²) >= 11 is 0. The van der Waals surface area contributed by atoms with E-state index in [2.05, 4.69) is 0 Å². The molecule has 106 valence electrons. The van der Waals surface area contributed by atoms with Crippen molar-refractivity contribution in [3.05, 3.63) is 35.6 Å². The Kier molecular flexibility index (Phi) is 4.89. The van der Waals surface area contributed by atoms with Crippen molar-refractivity contribution in [2.24, 2.45) is 5.73 Å². The number of halogens is 1. The van der Waals surface area contributed by atoms with E-state index in [0.717, 1.165) is 5.56 Å². The molecular weight excluding hydrogens is 247 g/mol. The average Bonchev–Trinajstić information content (AvgIpc) is 2.27. The zero-order valence-corrected chi connectivity index (χ0v) is 11.6. The van der Waals surface area contributed by atoms with Crippen molar-refractivity contribution in [1.29, 1.82) is 0 Å². The molecule has 0 aliphatic heterocycles. The number of nitrogens with zero attached hydrogens (tertiary/aromatic N) is 1. The summed E-state index contributed by atoms with van der Waals surface area (Å²) in [5, 5.41) is 9.18. The number of rotatable bonds is 4. The molecule has 0 saturated carbocycles. The van der Waals surface area contributed by atoms with E-state index in [1.54, 1.807) is 12.1 Å². The van der Waals surface area contributed by atoms with Gasteiger partial charge in [-0.2, -0.15) is 0 Å². The largest absolute Gasteiger partial charge is 0.465 e. The quantitative estimate of drug-likeness (QED) is 0.881. The highest BCUT2D eigenvalue weighted by Gasteiger charge is 2.27. The maximum atomic E-state index is 12.8. The first-order valence-electron chi connectivity index (χ1n) is 6.20. The van der Waals surface area contributed by atoms with Gasteiger partial charge in [0.15, 0.2) is 0 Å². The van der Waals surface area contributed by atoms with Crippen LogP contribution in [0.5, 0.6) is 0 Å². The Labute approximate surface area is 113 Å². The Morgan fingerprint density at radius 1 is 1.37 bits per heavy atom. The third-order valence-electron chi connectivity index (χ3n) is 2.87. The lowest BCUT2D eigenvalue weighted by Gasteiger charge is -2.35. The second kappa shape index (κ2) is 6.02. The number of amides is 1. The van der Waals surface area contributed by atoms with Gasteiger partial charge in [0.05, 0.1) is 0 Å². The van der Waals surface area contributed by atoms with Gasteiger partial charge in [0.25, 0.3) is 0 Å². The normalized spacial score (nSPS) is 13.1. The number of hydrogen-bond acceptors (Lipinski definition) is 2. The molecule has 0 bridgehead atoms. The molecule has 1 atom stereocenters. The van der Waals surface area contributed by atoms with E-state index in [0.29, 0.717) is 6.42 Å². The molecule has 0 unspecified atom stereocenters. The van der Waals surface area contributed by atoms with E-state index in [1.165, 1.54) is 17.0 Å². The Balaban J connectivity index is 2.65. The predicted molar refractivity (Wildman–Crippen MR) is 72.6 cm³/mol. The second-order valence-electron chi connectivity index (χ2n) is 5.65. The molecule has 1 rings (SSSR count). The van der Waals surface area contributed by atoms with Gasteiger partial charge in [-0.3, -0.25) is 0 Å². The summed E-state index contributed by atoms with van der Waals surface area (Å²) in [7, 11) is 0. The summed E-state index contributed by atoms with van der Waals surface area (Å²) < 4.78 is 12.8. The maximum Gasteiger partial charge on any atom is 0.407 e. The minimum absolute atomic E-state index is 0.246. The number of nitrogens with two attached hydrogens (primary N) is 1. The molecule has 1 amide bonds. The monoisotopic (exact) mass is 268 g/mol. The van der Waals surface area contributed by atoms with Crippen LogP contribution >= 0.6 is 0 Å². The van der Waals surface area contributed by atoms with Gasteiger partial charge in [-0.1, -0.05) is 12.1 Å². The van der Waals surface area contributed by atoms with Crippen molar-refractivity contribution in [3.63, 3.8) is 0 Å². The van der Waals surface area contributed by atoms with E-state index in [9.17, 15) is 14.3 Å². The van der Waals surface area contributed by atoms with Crippen molar-refractivity contribution in [2.75, 3.05) is 6.54 Å². The summed E-state index contributed by atoms with van der Waals surface area (Å²) in [5.41, 5.74) is 6.38. The summed E-state index contributed by atoms with van der Waals surface area (Å²) in [4.78, 5) is 12.5. The second-order valence-corrected chi connectivity index (χ2v) is 5.65. The molecule has 0 heterocycles. The van der Waals surface area contributed by atoms with Crippen LogP contribution in [0.25, 0.3) is 0 Å². The van der Waals surface area contributed by atoms with Crippen LogP contribution in [0.1, 0.15) is 26.3 Å². The first-order chi connectivity index (χ1) is 8.70. The first kappa shape index (κ1) is 15.4. The molecule has 0 spiro atoms. The molecule has 0 aliphatic carbocycles. The van der Waals surface area contributed by atoms with Crippen molar-refractivity contribution in [2.45, 2.75) is 38.8 Å². The number of carbonyl (C=O) groups is 1. The van der Waals surface area contributed by atoms with Crippen molar-refractivity contribution >= 4 is 6.09 Å². The highest BCUT2D eigenvalue weighted by molar-refractivity contribution is 5.66. The van der Waals surface area contributed by atoms with E-state index < -0.39 is 11.6 Å². The van der Waals surface area contributed by atoms with Gasteiger partial charge in [-0.15, -0.1) is 0 Å². The van der Waals surface area contributed by atoms with E-state index >= 15 is 0 Å². The van der Waals surface area contributed by atoms with Crippen LogP contribution in [0.3, 0.4) is 0 Å².